The number of quaternary nitrogens is 2. The summed E-state index contributed by atoms with van der Waals surface area (Å²) in [7, 11) is 0. The van der Waals surface area contributed by atoms with Gasteiger partial charge in [-0.3, -0.25) is 13.9 Å². The predicted molar refractivity (Wildman–Crippen MR) is 167 cm³/mol. The topological polar surface area (TPSA) is 83.5 Å². The molecule has 1 aliphatic carbocycles. The number of carboxylic acid groups (broad SMARTS) is 2. The average molecular weight is 614 g/mol. The predicted octanol–water partition coefficient (Wildman–Crippen LogP) is 4.39. The number of rotatable bonds is 6. The molecule has 3 atom stereocenters. The molecule has 3 aromatic carbocycles. The van der Waals surface area contributed by atoms with E-state index in [9.17, 15) is 24.2 Å². The van der Waals surface area contributed by atoms with Crippen molar-refractivity contribution in [1.82, 2.24) is 4.90 Å². The van der Waals surface area contributed by atoms with Gasteiger partial charge in [0.2, 0.25) is 0 Å². The molecule has 0 aromatic heterocycles. The Morgan fingerprint density at radius 2 is 1.42 bits per heavy atom. The van der Waals surface area contributed by atoms with Crippen LogP contribution in [-0.4, -0.2) is 83.4 Å². The molecule has 238 valence electrons. The number of benzene rings is 3. The van der Waals surface area contributed by atoms with Gasteiger partial charge >= 0.3 is 0 Å². The maximum Gasteiger partial charge on any atom is 0.258 e. The molecular formula is C37H44FN3O4. The number of hydrogen-bond acceptors (Lipinski definition) is 5. The van der Waals surface area contributed by atoms with Crippen LogP contribution in [0.25, 0.3) is 11.1 Å². The molecule has 6 rings (SSSR count). The van der Waals surface area contributed by atoms with Crippen molar-refractivity contribution in [3.05, 3.63) is 95.3 Å². The summed E-state index contributed by atoms with van der Waals surface area (Å²) in [5.74, 6) is 0.0965. The third-order valence-electron chi connectivity index (χ3n) is 11.1. The number of amides is 2. The zero-order valence-corrected chi connectivity index (χ0v) is 26.6. The molecule has 0 spiro atoms. The third kappa shape index (κ3) is 5.68. The maximum absolute atomic E-state index is 13.4. The Kier molecular flexibility index (Phi) is 8.35. The second kappa shape index (κ2) is 12.0. The molecule has 0 saturated carbocycles. The highest BCUT2D eigenvalue weighted by Crippen LogP contribution is 2.46. The standard InChI is InChI=1S/C37H44FN3O4/c1-37(2,3)41(36(44)45)21-20-40(35(42)43,25-34-32-10-6-4-8-30(32)31-9-5-7-11-33(31)34)24-29(41)23-39-18-16-27(17-19-39)22-26-12-14-28(38)15-13-26/h4-15,27,29,34H,16-25H2,1-3H3. The fourth-order valence-corrected chi connectivity index (χ4v) is 8.60. The van der Waals surface area contributed by atoms with Crippen LogP contribution in [0.2, 0.25) is 0 Å². The SMILES string of the molecule is CC(C)(C)[N+]1(C(=O)[O-])CC[N+](CC2c3ccccc3-c3ccccc32)(C(=O)[O-])CC1CN1CCC(Cc2ccc(F)cc2)CC1. The number of halogens is 1. The number of hydrogen-bond donors (Lipinski definition) is 0. The van der Waals surface area contributed by atoms with Crippen molar-refractivity contribution in [2.75, 3.05) is 45.8 Å². The largest absolute Gasteiger partial charge is 0.498 e. The second-order valence-electron chi connectivity index (χ2n) is 14.5. The lowest BCUT2D eigenvalue weighted by molar-refractivity contribution is -1.02. The van der Waals surface area contributed by atoms with E-state index in [1.807, 2.05) is 57.2 Å². The van der Waals surface area contributed by atoms with E-state index in [0.717, 1.165) is 60.2 Å². The molecule has 3 aliphatic rings. The van der Waals surface area contributed by atoms with Gasteiger partial charge in [0.1, 0.15) is 25.5 Å². The normalized spacial score (nSPS) is 25.9. The minimum absolute atomic E-state index is 0.129. The van der Waals surface area contributed by atoms with Crippen LogP contribution in [0.1, 0.15) is 56.2 Å². The van der Waals surface area contributed by atoms with Crippen LogP contribution in [-0.2, 0) is 6.42 Å². The van der Waals surface area contributed by atoms with Gasteiger partial charge < -0.3 is 19.8 Å². The number of nitrogens with zero attached hydrogens (tertiary/aromatic N) is 3. The van der Waals surface area contributed by atoms with Crippen molar-refractivity contribution in [2.24, 2.45) is 5.92 Å². The maximum atomic E-state index is 13.4. The molecular weight excluding hydrogens is 569 g/mol. The van der Waals surface area contributed by atoms with E-state index in [-0.39, 0.29) is 40.3 Å². The van der Waals surface area contributed by atoms with Crippen molar-refractivity contribution in [1.29, 1.82) is 0 Å². The van der Waals surface area contributed by atoms with Gasteiger partial charge in [-0.15, -0.1) is 0 Å². The Bertz CT molecular complexity index is 1520. The lowest BCUT2D eigenvalue weighted by Gasteiger charge is -2.59. The van der Waals surface area contributed by atoms with E-state index in [1.165, 1.54) is 12.1 Å². The quantitative estimate of drug-likeness (QED) is 0.385. The highest BCUT2D eigenvalue weighted by atomic mass is 19.1. The summed E-state index contributed by atoms with van der Waals surface area (Å²) in [5.41, 5.74) is 4.90. The van der Waals surface area contributed by atoms with E-state index in [2.05, 4.69) is 29.2 Å². The summed E-state index contributed by atoms with van der Waals surface area (Å²) in [6.07, 6.45) is 0.478. The van der Waals surface area contributed by atoms with Crippen LogP contribution < -0.4 is 10.2 Å². The highest BCUT2D eigenvalue weighted by Gasteiger charge is 2.58. The first-order valence-corrected chi connectivity index (χ1v) is 16.3. The summed E-state index contributed by atoms with van der Waals surface area (Å²) in [5, 5.41) is 26.4. The summed E-state index contributed by atoms with van der Waals surface area (Å²) < 4.78 is 12.8. The zero-order chi connectivity index (χ0) is 32.0. The van der Waals surface area contributed by atoms with E-state index >= 15 is 0 Å². The summed E-state index contributed by atoms with van der Waals surface area (Å²) in [6, 6.07) is 22.6. The first-order chi connectivity index (χ1) is 21.4. The van der Waals surface area contributed by atoms with Gasteiger partial charge in [-0.2, -0.15) is 0 Å². The van der Waals surface area contributed by atoms with E-state index in [1.54, 1.807) is 0 Å². The van der Waals surface area contributed by atoms with Crippen LogP contribution in [0.4, 0.5) is 14.0 Å². The lowest BCUT2D eigenvalue weighted by Crippen LogP contribution is -2.83. The number of piperidine rings is 1. The number of piperazine rings is 1. The number of carbonyl (C=O) groups is 2. The van der Waals surface area contributed by atoms with Gasteiger partial charge in [0.15, 0.2) is 6.04 Å². The zero-order valence-electron chi connectivity index (χ0n) is 26.6. The molecule has 0 radical (unpaired) electrons. The van der Waals surface area contributed by atoms with Gasteiger partial charge in [0.25, 0.3) is 12.2 Å². The second-order valence-corrected chi connectivity index (χ2v) is 14.5. The minimum Gasteiger partial charge on any atom is -0.498 e. The Hall–Kier alpha value is -3.59. The molecule has 2 amide bonds. The fraction of sp³-hybridized carbons (Fsp3) is 0.459. The smallest absolute Gasteiger partial charge is 0.258 e. The molecule has 2 heterocycles. The summed E-state index contributed by atoms with van der Waals surface area (Å²) >= 11 is 0. The van der Waals surface area contributed by atoms with Crippen molar-refractivity contribution < 1.29 is 33.2 Å². The van der Waals surface area contributed by atoms with Crippen molar-refractivity contribution in [2.45, 2.75) is 57.5 Å². The summed E-state index contributed by atoms with van der Waals surface area (Å²) in [6.45, 7) is 8.62. The summed E-state index contributed by atoms with van der Waals surface area (Å²) in [4.78, 5) is 28.7. The van der Waals surface area contributed by atoms with Crippen LogP contribution >= 0.6 is 0 Å². The molecule has 3 aromatic rings. The van der Waals surface area contributed by atoms with Crippen LogP contribution in [0.3, 0.4) is 0 Å². The first-order valence-electron chi connectivity index (χ1n) is 16.3. The van der Waals surface area contributed by atoms with E-state index in [0.29, 0.717) is 19.0 Å². The van der Waals surface area contributed by atoms with Crippen LogP contribution in [0, 0.1) is 11.7 Å². The van der Waals surface area contributed by atoms with Gasteiger partial charge in [-0.1, -0.05) is 60.7 Å². The molecule has 3 unspecified atom stereocenters. The Morgan fingerprint density at radius 1 is 0.844 bits per heavy atom. The Labute approximate surface area is 265 Å². The van der Waals surface area contributed by atoms with Crippen LogP contribution in [0.5, 0.6) is 0 Å². The Morgan fingerprint density at radius 3 is 1.96 bits per heavy atom. The third-order valence-corrected chi connectivity index (χ3v) is 11.1. The lowest BCUT2D eigenvalue weighted by atomic mass is 9.88. The van der Waals surface area contributed by atoms with Crippen LogP contribution in [0.15, 0.2) is 72.8 Å². The first kappa shape index (κ1) is 31.4. The molecule has 7 nitrogen and oxygen atoms in total. The number of carbonyl (C=O) groups excluding carboxylic acids is 2. The molecule has 0 N–H and O–H groups in total. The van der Waals surface area contributed by atoms with Crippen molar-refractivity contribution in [3.8, 4) is 11.1 Å². The molecule has 2 aliphatic heterocycles. The van der Waals surface area contributed by atoms with Gasteiger partial charge in [-0.05, 0) is 99.0 Å². The van der Waals surface area contributed by atoms with E-state index in [4.69, 9.17) is 0 Å². The minimum atomic E-state index is -1.15. The fourth-order valence-electron chi connectivity index (χ4n) is 8.60. The monoisotopic (exact) mass is 613 g/mol. The van der Waals surface area contributed by atoms with E-state index < -0.39 is 23.8 Å². The molecule has 8 heteroatoms. The Balaban J connectivity index is 1.27. The van der Waals surface area contributed by atoms with Gasteiger partial charge in [-0.25, -0.2) is 4.39 Å². The van der Waals surface area contributed by atoms with Gasteiger partial charge in [0, 0.05) is 0 Å². The molecule has 2 fully saturated rings. The van der Waals surface area contributed by atoms with Gasteiger partial charge in [0.05, 0.1) is 24.5 Å². The van der Waals surface area contributed by atoms with Crippen molar-refractivity contribution >= 4 is 12.2 Å². The number of fused-ring (bicyclic) bond motifs is 3. The van der Waals surface area contributed by atoms with Crippen molar-refractivity contribution in [3.63, 3.8) is 0 Å². The molecule has 45 heavy (non-hydrogen) atoms. The molecule has 2 saturated heterocycles. The average Bonchev–Trinajstić information content (AvgIpc) is 3.32. The highest BCUT2D eigenvalue weighted by molar-refractivity contribution is 5.78. The molecule has 0 bridgehead atoms. The number of likely N-dealkylation sites (tertiary alicyclic amines) is 1.